The smallest absolute Gasteiger partial charge is 0.293 e. The summed E-state index contributed by atoms with van der Waals surface area (Å²) in [7, 11) is 0. The number of benzene rings is 2. The summed E-state index contributed by atoms with van der Waals surface area (Å²) in [6.07, 6.45) is 1.96. The van der Waals surface area contributed by atoms with E-state index in [1.807, 2.05) is 6.07 Å². The number of rotatable bonds is 9. The molecule has 2 aliphatic rings. The van der Waals surface area contributed by atoms with E-state index < -0.39 is 4.92 Å². The number of hydrogen-bond donors (Lipinski definition) is 2. The Balaban J connectivity index is 1.24. The molecule has 2 fully saturated rings. The molecular weight excluding hydrogens is 394 g/mol. The fraction of sp³-hybridized carbons (Fsp3) is 0.435. The molecule has 31 heavy (non-hydrogen) atoms. The first-order chi connectivity index (χ1) is 15.1. The molecular formula is C23H29N5O3. The van der Waals surface area contributed by atoms with Crippen molar-refractivity contribution in [2.24, 2.45) is 0 Å². The lowest BCUT2D eigenvalue weighted by Gasteiger charge is -2.34. The van der Waals surface area contributed by atoms with Gasteiger partial charge in [-0.15, -0.1) is 0 Å². The number of hydrogen-bond acceptors (Lipinski definition) is 6. The zero-order valence-electron chi connectivity index (χ0n) is 17.6. The van der Waals surface area contributed by atoms with Gasteiger partial charge in [0.05, 0.1) is 4.92 Å². The number of carbonyl (C=O) groups excluding carboxylic acids is 1. The lowest BCUT2D eigenvalue weighted by molar-refractivity contribution is -0.384. The third kappa shape index (κ3) is 6.02. The molecule has 8 nitrogen and oxygen atoms in total. The van der Waals surface area contributed by atoms with Gasteiger partial charge in [-0.2, -0.15) is 0 Å². The molecule has 1 heterocycles. The van der Waals surface area contributed by atoms with Crippen LogP contribution in [-0.2, 0) is 6.54 Å². The molecule has 2 aromatic carbocycles. The lowest BCUT2D eigenvalue weighted by Crippen LogP contribution is -2.47. The van der Waals surface area contributed by atoms with E-state index in [1.54, 1.807) is 12.1 Å². The molecule has 1 aliphatic heterocycles. The van der Waals surface area contributed by atoms with Gasteiger partial charge in [-0.3, -0.25) is 24.7 Å². The van der Waals surface area contributed by atoms with Gasteiger partial charge in [0.15, 0.2) is 0 Å². The molecule has 164 valence electrons. The van der Waals surface area contributed by atoms with Crippen LogP contribution in [0.2, 0.25) is 0 Å². The summed E-state index contributed by atoms with van der Waals surface area (Å²) in [4.78, 5) is 28.1. The summed E-state index contributed by atoms with van der Waals surface area (Å²) in [6.45, 7) is 6.40. The molecule has 0 atom stereocenters. The van der Waals surface area contributed by atoms with Crippen LogP contribution >= 0.6 is 0 Å². The molecule has 8 heteroatoms. The van der Waals surface area contributed by atoms with Crippen LogP contribution in [-0.4, -0.2) is 65.9 Å². The quantitative estimate of drug-likeness (QED) is 0.476. The highest BCUT2D eigenvalue weighted by Crippen LogP contribution is 2.26. The Morgan fingerprint density at radius 3 is 2.42 bits per heavy atom. The standard InChI is InChI=1S/C23H29N5O3/c29-23(25-20-7-8-20)19-6-9-21(22(16-19)28(30)31)24-10-11-26-12-14-27(15-13-26)17-18-4-2-1-3-5-18/h1-6,9,16,20,24H,7-8,10-15,17H2,(H,25,29). The normalized spacial score (nSPS) is 17.3. The summed E-state index contributed by atoms with van der Waals surface area (Å²) in [5.74, 6) is -0.245. The minimum Gasteiger partial charge on any atom is -0.378 e. The van der Waals surface area contributed by atoms with E-state index in [0.717, 1.165) is 52.1 Å². The van der Waals surface area contributed by atoms with Crippen molar-refractivity contribution in [2.75, 3.05) is 44.6 Å². The first-order valence-electron chi connectivity index (χ1n) is 10.9. The molecule has 1 saturated heterocycles. The van der Waals surface area contributed by atoms with Crippen LogP contribution in [0.5, 0.6) is 0 Å². The van der Waals surface area contributed by atoms with Crippen molar-refractivity contribution in [2.45, 2.75) is 25.4 Å². The summed E-state index contributed by atoms with van der Waals surface area (Å²) in [5, 5.41) is 17.6. The molecule has 0 radical (unpaired) electrons. The Morgan fingerprint density at radius 1 is 1.03 bits per heavy atom. The Kier molecular flexibility index (Phi) is 6.79. The average molecular weight is 424 g/mol. The molecule has 0 bridgehead atoms. The maximum atomic E-state index is 12.2. The van der Waals surface area contributed by atoms with Crippen LogP contribution in [0.1, 0.15) is 28.8 Å². The zero-order chi connectivity index (χ0) is 21.6. The Bertz CT molecular complexity index is 909. The highest BCUT2D eigenvalue weighted by Gasteiger charge is 2.25. The topological polar surface area (TPSA) is 90.8 Å². The highest BCUT2D eigenvalue weighted by molar-refractivity contribution is 5.96. The Morgan fingerprint density at radius 2 is 1.74 bits per heavy atom. The minimum absolute atomic E-state index is 0.0591. The predicted octanol–water partition coefficient (Wildman–Crippen LogP) is 2.72. The van der Waals surface area contributed by atoms with Crippen molar-refractivity contribution < 1.29 is 9.72 Å². The SMILES string of the molecule is O=C(NC1CC1)c1ccc(NCCN2CCN(Cc3ccccc3)CC2)c([N+](=O)[O-])c1. The van der Waals surface area contributed by atoms with E-state index >= 15 is 0 Å². The van der Waals surface area contributed by atoms with Crippen molar-refractivity contribution in [1.29, 1.82) is 0 Å². The molecule has 2 aromatic rings. The maximum Gasteiger partial charge on any atom is 0.293 e. The molecule has 0 spiro atoms. The Hall–Kier alpha value is -2.97. The second-order valence-electron chi connectivity index (χ2n) is 8.27. The number of anilines is 1. The van der Waals surface area contributed by atoms with Crippen LogP contribution in [0.15, 0.2) is 48.5 Å². The first kappa shape index (κ1) is 21.3. The van der Waals surface area contributed by atoms with Gasteiger partial charge in [0.2, 0.25) is 0 Å². The van der Waals surface area contributed by atoms with E-state index in [2.05, 4.69) is 44.7 Å². The molecule has 1 aliphatic carbocycles. The lowest BCUT2D eigenvalue weighted by atomic mass is 10.1. The number of nitrogens with zero attached hydrogens (tertiary/aromatic N) is 3. The highest BCUT2D eigenvalue weighted by atomic mass is 16.6. The average Bonchev–Trinajstić information content (AvgIpc) is 3.59. The monoisotopic (exact) mass is 423 g/mol. The van der Waals surface area contributed by atoms with E-state index in [-0.39, 0.29) is 17.6 Å². The molecule has 1 amide bonds. The summed E-state index contributed by atoms with van der Waals surface area (Å²) in [6, 6.07) is 15.4. The van der Waals surface area contributed by atoms with Crippen molar-refractivity contribution in [1.82, 2.24) is 15.1 Å². The van der Waals surface area contributed by atoms with Crippen LogP contribution in [0.3, 0.4) is 0 Å². The molecule has 2 N–H and O–H groups in total. The zero-order valence-corrected chi connectivity index (χ0v) is 17.6. The van der Waals surface area contributed by atoms with Crippen molar-refractivity contribution in [3.8, 4) is 0 Å². The van der Waals surface area contributed by atoms with Gasteiger partial charge >= 0.3 is 0 Å². The minimum atomic E-state index is -0.432. The van der Waals surface area contributed by atoms with Gasteiger partial charge in [0, 0.05) is 63.5 Å². The van der Waals surface area contributed by atoms with Crippen molar-refractivity contribution in [3.63, 3.8) is 0 Å². The molecule has 0 unspecified atom stereocenters. The second kappa shape index (κ2) is 9.89. The van der Waals surface area contributed by atoms with Gasteiger partial charge in [-0.1, -0.05) is 30.3 Å². The number of nitro groups is 1. The number of nitrogens with one attached hydrogen (secondary N) is 2. The van der Waals surface area contributed by atoms with Crippen LogP contribution in [0.25, 0.3) is 0 Å². The van der Waals surface area contributed by atoms with Crippen LogP contribution in [0, 0.1) is 10.1 Å². The second-order valence-corrected chi connectivity index (χ2v) is 8.27. The third-order valence-corrected chi connectivity index (χ3v) is 5.83. The summed E-state index contributed by atoms with van der Waals surface area (Å²) < 4.78 is 0. The molecule has 0 aromatic heterocycles. The maximum absolute atomic E-state index is 12.2. The van der Waals surface area contributed by atoms with Crippen molar-refractivity contribution >= 4 is 17.3 Å². The van der Waals surface area contributed by atoms with Crippen LogP contribution < -0.4 is 10.6 Å². The fourth-order valence-electron chi connectivity index (χ4n) is 3.83. The van der Waals surface area contributed by atoms with E-state index in [1.165, 1.54) is 11.6 Å². The van der Waals surface area contributed by atoms with Gasteiger partial charge < -0.3 is 10.6 Å². The Labute approximate surface area is 182 Å². The van der Waals surface area contributed by atoms with Gasteiger partial charge in [-0.05, 0) is 30.5 Å². The third-order valence-electron chi connectivity index (χ3n) is 5.83. The number of carbonyl (C=O) groups is 1. The predicted molar refractivity (Wildman–Crippen MR) is 120 cm³/mol. The van der Waals surface area contributed by atoms with Gasteiger partial charge in [0.25, 0.3) is 11.6 Å². The van der Waals surface area contributed by atoms with Crippen LogP contribution in [0.4, 0.5) is 11.4 Å². The van der Waals surface area contributed by atoms with E-state index in [4.69, 9.17) is 0 Å². The largest absolute Gasteiger partial charge is 0.378 e. The first-order valence-corrected chi connectivity index (χ1v) is 10.9. The summed E-state index contributed by atoms with van der Waals surface area (Å²) >= 11 is 0. The summed E-state index contributed by atoms with van der Waals surface area (Å²) in [5.41, 5.74) is 2.06. The molecule has 4 rings (SSSR count). The number of amides is 1. The van der Waals surface area contributed by atoms with Gasteiger partial charge in [0.1, 0.15) is 5.69 Å². The molecule has 1 saturated carbocycles. The van der Waals surface area contributed by atoms with E-state index in [9.17, 15) is 14.9 Å². The number of piperazine rings is 1. The van der Waals surface area contributed by atoms with Gasteiger partial charge in [-0.25, -0.2) is 0 Å². The van der Waals surface area contributed by atoms with E-state index in [0.29, 0.717) is 17.8 Å². The number of nitro benzene ring substituents is 1. The fourth-order valence-corrected chi connectivity index (χ4v) is 3.83. The van der Waals surface area contributed by atoms with Crippen molar-refractivity contribution in [3.05, 3.63) is 69.8 Å².